The van der Waals surface area contributed by atoms with Gasteiger partial charge in [-0.3, -0.25) is 4.90 Å². The fraction of sp³-hybridized carbons (Fsp3) is 0.400. The summed E-state index contributed by atoms with van der Waals surface area (Å²) in [6, 6.07) is 10.8. The lowest BCUT2D eigenvalue weighted by molar-refractivity contribution is 0.0955. The largest absolute Gasteiger partial charge is 0.392 e. The molecule has 2 aromatic carbocycles. The van der Waals surface area contributed by atoms with Crippen molar-refractivity contribution in [3.8, 4) is 11.1 Å². The Hall–Kier alpha value is -0.240. The number of rotatable bonds is 4. The number of fused-ring (bicyclic) bond motifs is 3. The van der Waals surface area contributed by atoms with E-state index in [1.807, 2.05) is 0 Å². The third-order valence-electron chi connectivity index (χ3n) is 5.31. The summed E-state index contributed by atoms with van der Waals surface area (Å²) in [6.07, 6.45) is 0.405. The number of benzene rings is 2. The zero-order valence-electron chi connectivity index (χ0n) is 14.3. The SMILES string of the molecule is OC(CC1c2ccc(Br)cc2-c2cc(Br)cc(Br)c21)CN1CCNCC1. The van der Waals surface area contributed by atoms with Crippen molar-refractivity contribution in [3.63, 3.8) is 0 Å². The summed E-state index contributed by atoms with van der Waals surface area (Å²) >= 11 is 11.0. The van der Waals surface area contributed by atoms with E-state index in [2.05, 4.69) is 88.3 Å². The molecule has 2 unspecified atom stereocenters. The van der Waals surface area contributed by atoms with Gasteiger partial charge in [-0.1, -0.05) is 53.9 Å². The van der Waals surface area contributed by atoms with Crippen LogP contribution in [0.15, 0.2) is 43.7 Å². The molecule has 4 rings (SSSR count). The Morgan fingerprint density at radius 3 is 2.54 bits per heavy atom. The highest BCUT2D eigenvalue weighted by molar-refractivity contribution is 9.11. The molecule has 1 saturated heterocycles. The molecule has 2 atom stereocenters. The summed E-state index contributed by atoms with van der Waals surface area (Å²) in [5, 5.41) is 14.2. The minimum Gasteiger partial charge on any atom is -0.392 e. The zero-order chi connectivity index (χ0) is 18.3. The molecule has 2 aliphatic rings. The van der Waals surface area contributed by atoms with Crippen molar-refractivity contribution in [1.82, 2.24) is 10.2 Å². The van der Waals surface area contributed by atoms with E-state index in [-0.39, 0.29) is 12.0 Å². The standard InChI is InChI=1S/C20H21Br3N2O/c21-12-1-2-15-16(7-12)17-8-13(22)9-19(23)20(17)18(15)10-14(26)11-25-5-3-24-4-6-25/h1-2,7-9,14,18,24,26H,3-6,10-11H2. The first-order valence-electron chi connectivity index (χ1n) is 8.93. The van der Waals surface area contributed by atoms with Crippen molar-refractivity contribution in [3.05, 3.63) is 54.9 Å². The minimum atomic E-state index is -0.337. The van der Waals surface area contributed by atoms with Crippen molar-refractivity contribution in [1.29, 1.82) is 0 Å². The van der Waals surface area contributed by atoms with Crippen LogP contribution < -0.4 is 5.32 Å². The number of β-amino-alcohol motifs (C(OH)–C–C–N with tert-alkyl or cyclic N) is 1. The number of nitrogens with zero attached hydrogens (tertiary/aromatic N) is 1. The fourth-order valence-electron chi connectivity index (χ4n) is 4.17. The topological polar surface area (TPSA) is 35.5 Å². The van der Waals surface area contributed by atoms with Crippen molar-refractivity contribution in [2.45, 2.75) is 18.4 Å². The van der Waals surface area contributed by atoms with Gasteiger partial charge >= 0.3 is 0 Å². The van der Waals surface area contributed by atoms with Crippen LogP contribution in [0.4, 0.5) is 0 Å². The number of halogens is 3. The van der Waals surface area contributed by atoms with E-state index in [0.717, 1.165) is 52.6 Å². The highest BCUT2D eigenvalue weighted by Gasteiger charge is 2.33. The van der Waals surface area contributed by atoms with Gasteiger partial charge in [0.2, 0.25) is 0 Å². The van der Waals surface area contributed by atoms with Gasteiger partial charge in [-0.05, 0) is 52.9 Å². The molecule has 138 valence electrons. The second-order valence-corrected chi connectivity index (χ2v) is 9.76. The van der Waals surface area contributed by atoms with Gasteiger partial charge in [-0.15, -0.1) is 0 Å². The molecule has 2 aromatic rings. The molecule has 26 heavy (non-hydrogen) atoms. The van der Waals surface area contributed by atoms with Crippen LogP contribution in [0.5, 0.6) is 0 Å². The first kappa shape index (κ1) is 19.1. The van der Waals surface area contributed by atoms with Crippen LogP contribution in [0, 0.1) is 0 Å². The Labute approximate surface area is 179 Å². The van der Waals surface area contributed by atoms with Crippen molar-refractivity contribution >= 4 is 47.8 Å². The molecule has 0 aromatic heterocycles. The molecule has 1 heterocycles. The van der Waals surface area contributed by atoms with Crippen LogP contribution >= 0.6 is 47.8 Å². The molecular formula is C20H21Br3N2O. The molecule has 2 N–H and O–H groups in total. The lowest BCUT2D eigenvalue weighted by atomic mass is 9.91. The van der Waals surface area contributed by atoms with Crippen LogP contribution in [-0.4, -0.2) is 48.8 Å². The summed E-state index contributed by atoms with van der Waals surface area (Å²) in [5.41, 5.74) is 5.11. The highest BCUT2D eigenvalue weighted by Crippen LogP contribution is 2.51. The zero-order valence-corrected chi connectivity index (χ0v) is 19.1. The van der Waals surface area contributed by atoms with Gasteiger partial charge in [-0.2, -0.15) is 0 Å². The van der Waals surface area contributed by atoms with Gasteiger partial charge in [0, 0.05) is 52.1 Å². The summed E-state index contributed by atoms with van der Waals surface area (Å²) in [7, 11) is 0. The van der Waals surface area contributed by atoms with Crippen molar-refractivity contribution < 1.29 is 5.11 Å². The normalized spacial score (nSPS) is 20.7. The molecule has 0 spiro atoms. The second-order valence-electron chi connectivity index (χ2n) is 7.07. The number of hydrogen-bond acceptors (Lipinski definition) is 3. The Balaban J connectivity index is 1.64. The van der Waals surface area contributed by atoms with Crippen LogP contribution in [0.3, 0.4) is 0 Å². The molecular weight excluding hydrogens is 524 g/mol. The summed E-state index contributed by atoms with van der Waals surface area (Å²) in [4.78, 5) is 2.36. The van der Waals surface area contributed by atoms with Gasteiger partial charge in [0.05, 0.1) is 6.10 Å². The predicted molar refractivity (Wildman–Crippen MR) is 117 cm³/mol. The Kier molecular flexibility index (Phi) is 5.89. The van der Waals surface area contributed by atoms with Crippen LogP contribution in [0.25, 0.3) is 11.1 Å². The second kappa shape index (κ2) is 8.02. The lowest BCUT2D eigenvalue weighted by Gasteiger charge is -2.30. The average molecular weight is 545 g/mol. The molecule has 3 nitrogen and oxygen atoms in total. The third kappa shape index (κ3) is 3.82. The molecule has 1 fully saturated rings. The van der Waals surface area contributed by atoms with Gasteiger partial charge in [0.15, 0.2) is 0 Å². The summed E-state index contributed by atoms with van der Waals surface area (Å²) in [6.45, 7) is 4.79. The molecule has 6 heteroatoms. The fourth-order valence-corrected chi connectivity index (χ4v) is 6.03. The van der Waals surface area contributed by atoms with E-state index < -0.39 is 0 Å². The van der Waals surface area contributed by atoms with Gasteiger partial charge in [-0.25, -0.2) is 0 Å². The van der Waals surface area contributed by atoms with E-state index in [0.29, 0.717) is 0 Å². The van der Waals surface area contributed by atoms with Crippen LogP contribution in [0.1, 0.15) is 23.5 Å². The minimum absolute atomic E-state index is 0.216. The predicted octanol–water partition coefficient (Wildman–Crippen LogP) is 4.74. The Bertz CT molecular complexity index is 821. The molecule has 1 aliphatic carbocycles. The Morgan fingerprint density at radius 1 is 1.04 bits per heavy atom. The number of nitrogens with one attached hydrogen (secondary N) is 1. The average Bonchev–Trinajstić information content (AvgIpc) is 2.89. The highest BCUT2D eigenvalue weighted by atomic mass is 79.9. The maximum absolute atomic E-state index is 10.8. The molecule has 0 radical (unpaired) electrons. The van der Waals surface area contributed by atoms with Gasteiger partial charge in [0.1, 0.15) is 0 Å². The number of hydrogen-bond donors (Lipinski definition) is 2. The van der Waals surface area contributed by atoms with E-state index in [1.54, 1.807) is 0 Å². The monoisotopic (exact) mass is 542 g/mol. The van der Waals surface area contributed by atoms with E-state index in [1.165, 1.54) is 22.3 Å². The van der Waals surface area contributed by atoms with Gasteiger partial charge < -0.3 is 10.4 Å². The third-order valence-corrected chi connectivity index (χ3v) is 6.92. The maximum Gasteiger partial charge on any atom is 0.0676 e. The van der Waals surface area contributed by atoms with Gasteiger partial charge in [0.25, 0.3) is 0 Å². The summed E-state index contributed by atoms with van der Waals surface area (Å²) < 4.78 is 3.25. The number of aliphatic hydroxyl groups is 1. The maximum atomic E-state index is 10.8. The summed E-state index contributed by atoms with van der Waals surface area (Å²) in [5.74, 6) is 0.216. The van der Waals surface area contributed by atoms with E-state index in [4.69, 9.17) is 0 Å². The van der Waals surface area contributed by atoms with Crippen molar-refractivity contribution in [2.24, 2.45) is 0 Å². The Morgan fingerprint density at radius 2 is 1.77 bits per heavy atom. The van der Waals surface area contributed by atoms with Crippen molar-refractivity contribution in [2.75, 3.05) is 32.7 Å². The first-order chi connectivity index (χ1) is 12.5. The number of piperazine rings is 1. The van der Waals surface area contributed by atoms with E-state index in [9.17, 15) is 5.11 Å². The molecule has 1 aliphatic heterocycles. The molecule has 0 saturated carbocycles. The number of aliphatic hydroxyl groups excluding tert-OH is 1. The quantitative estimate of drug-likeness (QED) is 0.583. The van der Waals surface area contributed by atoms with Crippen LogP contribution in [0.2, 0.25) is 0 Å². The lowest BCUT2D eigenvalue weighted by Crippen LogP contribution is -2.46. The van der Waals surface area contributed by atoms with E-state index >= 15 is 0 Å². The van der Waals surface area contributed by atoms with Crippen LogP contribution in [-0.2, 0) is 0 Å². The smallest absolute Gasteiger partial charge is 0.0676 e. The first-order valence-corrected chi connectivity index (χ1v) is 11.3. The molecule has 0 amide bonds. The molecule has 0 bridgehead atoms.